The second-order valence-corrected chi connectivity index (χ2v) is 6.15. The summed E-state index contributed by atoms with van der Waals surface area (Å²) in [7, 11) is 0. The van der Waals surface area contributed by atoms with Crippen molar-refractivity contribution in [3.63, 3.8) is 0 Å². The number of benzene rings is 1. The molecule has 3 rings (SSSR count). The molecule has 2 heterocycles. The SMILES string of the molecule is Cc1cc(Cl)ccc1OC(C)C(=O)NCc1cccnc1-n1cncn1. The Balaban J connectivity index is 1.64. The number of carbonyl (C=O) groups excluding carboxylic acids is 1. The van der Waals surface area contributed by atoms with Crippen molar-refractivity contribution in [3.8, 4) is 11.6 Å². The lowest BCUT2D eigenvalue weighted by atomic mass is 10.2. The minimum absolute atomic E-state index is 0.229. The van der Waals surface area contributed by atoms with Crippen LogP contribution in [0.2, 0.25) is 5.02 Å². The highest BCUT2D eigenvalue weighted by molar-refractivity contribution is 6.30. The fourth-order valence-electron chi connectivity index (χ4n) is 2.41. The summed E-state index contributed by atoms with van der Waals surface area (Å²) in [5.74, 6) is 1.02. The second kappa shape index (κ2) is 7.97. The number of nitrogens with zero attached hydrogens (tertiary/aromatic N) is 4. The van der Waals surface area contributed by atoms with Gasteiger partial charge in [-0.3, -0.25) is 4.79 Å². The van der Waals surface area contributed by atoms with E-state index >= 15 is 0 Å². The molecule has 0 saturated heterocycles. The Morgan fingerprint density at radius 2 is 2.23 bits per heavy atom. The maximum absolute atomic E-state index is 12.4. The lowest BCUT2D eigenvalue weighted by Gasteiger charge is -2.17. The summed E-state index contributed by atoms with van der Waals surface area (Å²) in [6.07, 6.45) is 4.00. The third kappa shape index (κ3) is 4.18. The number of rotatable bonds is 6. The van der Waals surface area contributed by atoms with E-state index in [2.05, 4.69) is 20.4 Å². The Bertz CT molecular complexity index is 898. The molecule has 1 unspecified atom stereocenters. The van der Waals surface area contributed by atoms with Crippen LogP contribution in [0.5, 0.6) is 5.75 Å². The molecule has 0 bridgehead atoms. The molecule has 1 amide bonds. The van der Waals surface area contributed by atoms with E-state index in [0.717, 1.165) is 11.1 Å². The van der Waals surface area contributed by atoms with Crippen LogP contribution in [0.15, 0.2) is 49.2 Å². The molecule has 1 N–H and O–H groups in total. The van der Waals surface area contributed by atoms with Gasteiger partial charge in [0.25, 0.3) is 5.91 Å². The van der Waals surface area contributed by atoms with Gasteiger partial charge in [-0.2, -0.15) is 5.10 Å². The third-order valence-electron chi connectivity index (χ3n) is 3.77. The van der Waals surface area contributed by atoms with E-state index < -0.39 is 6.10 Å². The lowest BCUT2D eigenvalue weighted by molar-refractivity contribution is -0.127. The van der Waals surface area contributed by atoms with Gasteiger partial charge < -0.3 is 10.1 Å². The van der Waals surface area contributed by atoms with Crippen LogP contribution in [0.25, 0.3) is 5.82 Å². The van der Waals surface area contributed by atoms with Gasteiger partial charge in [-0.1, -0.05) is 17.7 Å². The smallest absolute Gasteiger partial charge is 0.261 e. The standard InChI is InChI=1S/C18H18ClN5O2/c1-12-8-15(19)5-6-16(12)26-13(2)18(25)22-9-14-4-3-7-21-17(14)24-11-20-10-23-24/h3-8,10-11,13H,9H2,1-2H3,(H,22,25). The number of amides is 1. The quantitative estimate of drug-likeness (QED) is 0.720. The van der Waals surface area contributed by atoms with E-state index in [1.165, 1.54) is 6.33 Å². The van der Waals surface area contributed by atoms with E-state index in [1.54, 1.807) is 48.4 Å². The first-order chi connectivity index (χ1) is 12.5. The highest BCUT2D eigenvalue weighted by atomic mass is 35.5. The number of aryl methyl sites for hydroxylation is 1. The molecule has 0 spiro atoms. The first-order valence-electron chi connectivity index (χ1n) is 8.04. The number of nitrogens with one attached hydrogen (secondary N) is 1. The fourth-order valence-corrected chi connectivity index (χ4v) is 2.63. The van der Waals surface area contributed by atoms with Crippen LogP contribution in [0.3, 0.4) is 0 Å². The topological polar surface area (TPSA) is 81.9 Å². The van der Waals surface area contributed by atoms with Crippen molar-refractivity contribution < 1.29 is 9.53 Å². The zero-order valence-electron chi connectivity index (χ0n) is 14.4. The van der Waals surface area contributed by atoms with Crippen LogP contribution < -0.4 is 10.1 Å². The molecule has 2 aromatic heterocycles. The summed E-state index contributed by atoms with van der Waals surface area (Å²) in [6, 6.07) is 8.96. The molecule has 134 valence electrons. The van der Waals surface area contributed by atoms with Crippen LogP contribution in [-0.4, -0.2) is 31.8 Å². The molecular formula is C18H18ClN5O2. The number of hydrogen-bond donors (Lipinski definition) is 1. The fraction of sp³-hybridized carbons (Fsp3) is 0.222. The Kier molecular flexibility index (Phi) is 5.48. The molecular weight excluding hydrogens is 354 g/mol. The summed E-state index contributed by atoms with van der Waals surface area (Å²) in [5.41, 5.74) is 1.69. The minimum atomic E-state index is -0.652. The number of aromatic nitrogens is 4. The largest absolute Gasteiger partial charge is 0.481 e. The number of carbonyl (C=O) groups is 1. The highest BCUT2D eigenvalue weighted by Crippen LogP contribution is 2.22. The number of halogens is 1. The average molecular weight is 372 g/mol. The maximum atomic E-state index is 12.4. The normalized spacial score (nSPS) is 11.8. The molecule has 7 nitrogen and oxygen atoms in total. The zero-order valence-corrected chi connectivity index (χ0v) is 15.1. The first-order valence-corrected chi connectivity index (χ1v) is 8.42. The minimum Gasteiger partial charge on any atom is -0.481 e. The van der Waals surface area contributed by atoms with E-state index in [9.17, 15) is 4.79 Å². The average Bonchev–Trinajstić information content (AvgIpc) is 3.16. The molecule has 1 atom stereocenters. The van der Waals surface area contributed by atoms with Crippen molar-refractivity contribution in [1.82, 2.24) is 25.1 Å². The molecule has 0 radical (unpaired) electrons. The van der Waals surface area contributed by atoms with Crippen molar-refractivity contribution in [2.24, 2.45) is 0 Å². The highest BCUT2D eigenvalue weighted by Gasteiger charge is 2.16. The van der Waals surface area contributed by atoms with Crippen LogP contribution in [0.1, 0.15) is 18.1 Å². The molecule has 3 aromatic rings. The zero-order chi connectivity index (χ0) is 18.5. The van der Waals surface area contributed by atoms with E-state index in [1.807, 2.05) is 13.0 Å². The maximum Gasteiger partial charge on any atom is 0.261 e. The Morgan fingerprint density at radius 3 is 2.96 bits per heavy atom. The second-order valence-electron chi connectivity index (χ2n) is 5.71. The van der Waals surface area contributed by atoms with Crippen molar-refractivity contribution in [3.05, 3.63) is 65.3 Å². The lowest BCUT2D eigenvalue weighted by Crippen LogP contribution is -2.36. The van der Waals surface area contributed by atoms with Gasteiger partial charge >= 0.3 is 0 Å². The van der Waals surface area contributed by atoms with E-state index in [0.29, 0.717) is 23.1 Å². The van der Waals surface area contributed by atoms with Gasteiger partial charge in [0.2, 0.25) is 0 Å². The summed E-state index contributed by atoms with van der Waals surface area (Å²) in [6.45, 7) is 3.88. The number of pyridine rings is 1. The molecule has 0 aliphatic rings. The van der Waals surface area contributed by atoms with Crippen LogP contribution >= 0.6 is 11.6 Å². The number of hydrogen-bond acceptors (Lipinski definition) is 5. The summed E-state index contributed by atoms with van der Waals surface area (Å²) in [4.78, 5) is 20.6. The van der Waals surface area contributed by atoms with Gasteiger partial charge in [0.1, 0.15) is 18.4 Å². The molecule has 8 heteroatoms. The van der Waals surface area contributed by atoms with Crippen LogP contribution in [0, 0.1) is 6.92 Å². The molecule has 1 aromatic carbocycles. The Hall–Kier alpha value is -2.93. The van der Waals surface area contributed by atoms with Crippen molar-refractivity contribution >= 4 is 17.5 Å². The van der Waals surface area contributed by atoms with Gasteiger partial charge in [0.15, 0.2) is 11.9 Å². The van der Waals surface area contributed by atoms with Crippen molar-refractivity contribution in [2.75, 3.05) is 0 Å². The third-order valence-corrected chi connectivity index (χ3v) is 4.00. The predicted molar refractivity (Wildman–Crippen MR) is 97.3 cm³/mol. The van der Waals surface area contributed by atoms with E-state index in [4.69, 9.17) is 16.3 Å². The van der Waals surface area contributed by atoms with Crippen molar-refractivity contribution in [2.45, 2.75) is 26.5 Å². The molecule has 26 heavy (non-hydrogen) atoms. The van der Waals surface area contributed by atoms with Gasteiger partial charge in [0, 0.05) is 23.3 Å². The monoisotopic (exact) mass is 371 g/mol. The number of ether oxygens (including phenoxy) is 1. The van der Waals surface area contributed by atoms with Gasteiger partial charge in [-0.25, -0.2) is 14.6 Å². The van der Waals surface area contributed by atoms with Gasteiger partial charge in [-0.05, 0) is 43.7 Å². The summed E-state index contributed by atoms with van der Waals surface area (Å²) in [5, 5.41) is 7.57. The van der Waals surface area contributed by atoms with Gasteiger partial charge in [0.05, 0.1) is 0 Å². The van der Waals surface area contributed by atoms with Crippen molar-refractivity contribution in [1.29, 1.82) is 0 Å². The van der Waals surface area contributed by atoms with Gasteiger partial charge in [-0.15, -0.1) is 0 Å². The summed E-state index contributed by atoms with van der Waals surface area (Å²) < 4.78 is 7.29. The molecule has 0 saturated carbocycles. The summed E-state index contributed by atoms with van der Waals surface area (Å²) >= 11 is 5.94. The Morgan fingerprint density at radius 1 is 1.38 bits per heavy atom. The van der Waals surface area contributed by atoms with E-state index in [-0.39, 0.29) is 5.91 Å². The first kappa shape index (κ1) is 17.9. The molecule has 0 aliphatic carbocycles. The van der Waals surface area contributed by atoms with Crippen LogP contribution in [-0.2, 0) is 11.3 Å². The molecule has 0 fully saturated rings. The predicted octanol–water partition coefficient (Wildman–Crippen LogP) is 2.71. The Labute approximate surface area is 156 Å². The van der Waals surface area contributed by atoms with Crippen LogP contribution in [0.4, 0.5) is 0 Å². The molecule has 0 aliphatic heterocycles.